The minimum Gasteiger partial charge on any atom is -0.355 e. The van der Waals surface area contributed by atoms with Gasteiger partial charge in [0.15, 0.2) is 5.82 Å². The van der Waals surface area contributed by atoms with E-state index in [1.165, 1.54) is 19.3 Å². The Labute approximate surface area is 159 Å². The average molecular weight is 375 g/mol. The molecule has 26 heavy (non-hydrogen) atoms. The highest BCUT2D eigenvalue weighted by molar-refractivity contribution is 6.30. The standard InChI is InChI=1S/C20H24ClFN4/c1-15-3-6-19(24-23-15)26-9-2-7-20(14-26)8-10-25(13-20)12-16-4-5-17(21)18(22)11-16/h3-6,11H,2,7-10,12-14H2,1H3. The van der Waals surface area contributed by atoms with Crippen LogP contribution in [0, 0.1) is 18.2 Å². The van der Waals surface area contributed by atoms with Gasteiger partial charge in [0.1, 0.15) is 5.82 Å². The van der Waals surface area contributed by atoms with Crippen molar-refractivity contribution < 1.29 is 4.39 Å². The Kier molecular flexibility index (Phi) is 4.84. The number of aryl methyl sites for hydroxylation is 1. The number of aromatic nitrogens is 2. The highest BCUT2D eigenvalue weighted by atomic mass is 35.5. The van der Waals surface area contributed by atoms with Crippen LogP contribution in [-0.2, 0) is 6.54 Å². The van der Waals surface area contributed by atoms with E-state index < -0.39 is 0 Å². The van der Waals surface area contributed by atoms with E-state index in [2.05, 4.69) is 26.1 Å². The third kappa shape index (κ3) is 3.69. The Morgan fingerprint density at radius 3 is 2.77 bits per heavy atom. The summed E-state index contributed by atoms with van der Waals surface area (Å²) in [5.74, 6) is 0.646. The highest BCUT2D eigenvalue weighted by Gasteiger charge is 2.41. The van der Waals surface area contributed by atoms with Crippen molar-refractivity contribution in [1.29, 1.82) is 0 Å². The Hall–Kier alpha value is -1.72. The van der Waals surface area contributed by atoms with Gasteiger partial charge in [-0.2, -0.15) is 5.10 Å². The van der Waals surface area contributed by atoms with E-state index in [0.717, 1.165) is 49.8 Å². The van der Waals surface area contributed by atoms with Crippen molar-refractivity contribution in [3.8, 4) is 0 Å². The van der Waals surface area contributed by atoms with Gasteiger partial charge in [0.2, 0.25) is 0 Å². The van der Waals surface area contributed by atoms with Crippen LogP contribution in [0.25, 0.3) is 0 Å². The number of benzene rings is 1. The summed E-state index contributed by atoms with van der Waals surface area (Å²) >= 11 is 5.79. The number of rotatable bonds is 3. The monoisotopic (exact) mass is 374 g/mol. The lowest BCUT2D eigenvalue weighted by Crippen LogP contribution is -2.45. The van der Waals surface area contributed by atoms with Gasteiger partial charge >= 0.3 is 0 Å². The fraction of sp³-hybridized carbons (Fsp3) is 0.500. The van der Waals surface area contributed by atoms with E-state index in [1.54, 1.807) is 12.1 Å². The van der Waals surface area contributed by atoms with Gasteiger partial charge in [-0.15, -0.1) is 5.10 Å². The first-order chi connectivity index (χ1) is 12.5. The average Bonchev–Trinajstić information content (AvgIpc) is 3.00. The van der Waals surface area contributed by atoms with Crippen molar-refractivity contribution >= 4 is 17.4 Å². The summed E-state index contributed by atoms with van der Waals surface area (Å²) in [4.78, 5) is 4.81. The molecule has 4 nitrogen and oxygen atoms in total. The number of likely N-dealkylation sites (tertiary alicyclic amines) is 1. The summed E-state index contributed by atoms with van der Waals surface area (Å²) in [6.07, 6.45) is 3.60. The van der Waals surface area contributed by atoms with Gasteiger partial charge in [0, 0.05) is 31.6 Å². The number of anilines is 1. The molecule has 138 valence electrons. The molecule has 2 aromatic rings. The van der Waals surface area contributed by atoms with Crippen LogP contribution < -0.4 is 4.90 Å². The zero-order valence-electron chi connectivity index (χ0n) is 15.1. The first-order valence-electron chi connectivity index (χ1n) is 9.25. The predicted molar refractivity (Wildman–Crippen MR) is 102 cm³/mol. The van der Waals surface area contributed by atoms with Crippen LogP contribution in [0.3, 0.4) is 0 Å². The molecule has 1 aromatic heterocycles. The smallest absolute Gasteiger partial charge is 0.151 e. The van der Waals surface area contributed by atoms with Gasteiger partial charge in [0.25, 0.3) is 0 Å². The van der Waals surface area contributed by atoms with Gasteiger partial charge < -0.3 is 4.90 Å². The summed E-state index contributed by atoms with van der Waals surface area (Å²) in [6, 6.07) is 9.23. The number of hydrogen-bond acceptors (Lipinski definition) is 4. The van der Waals surface area contributed by atoms with Crippen LogP contribution in [0.1, 0.15) is 30.5 Å². The fourth-order valence-corrected chi connectivity index (χ4v) is 4.47. The molecule has 1 spiro atoms. The van der Waals surface area contributed by atoms with E-state index in [-0.39, 0.29) is 10.8 Å². The number of halogens is 2. The maximum atomic E-state index is 13.7. The van der Waals surface area contributed by atoms with Gasteiger partial charge in [-0.05, 0) is 62.6 Å². The molecular weight excluding hydrogens is 351 g/mol. The lowest BCUT2D eigenvalue weighted by molar-refractivity contribution is 0.216. The summed E-state index contributed by atoms with van der Waals surface area (Å²) in [7, 11) is 0. The van der Waals surface area contributed by atoms with Gasteiger partial charge in [-0.25, -0.2) is 4.39 Å². The van der Waals surface area contributed by atoms with Crippen molar-refractivity contribution in [2.75, 3.05) is 31.1 Å². The normalized spacial score (nSPS) is 23.7. The van der Waals surface area contributed by atoms with Crippen molar-refractivity contribution in [2.24, 2.45) is 5.41 Å². The van der Waals surface area contributed by atoms with Crippen LogP contribution in [0.15, 0.2) is 30.3 Å². The topological polar surface area (TPSA) is 32.3 Å². The maximum absolute atomic E-state index is 13.7. The largest absolute Gasteiger partial charge is 0.355 e. The molecule has 0 bridgehead atoms. The number of nitrogens with zero attached hydrogens (tertiary/aromatic N) is 4. The van der Waals surface area contributed by atoms with Crippen LogP contribution in [0.2, 0.25) is 5.02 Å². The molecule has 1 unspecified atom stereocenters. The third-order valence-electron chi connectivity index (χ3n) is 5.68. The zero-order chi connectivity index (χ0) is 18.1. The maximum Gasteiger partial charge on any atom is 0.151 e. The molecule has 0 aliphatic carbocycles. The van der Waals surface area contributed by atoms with Crippen molar-refractivity contribution in [3.63, 3.8) is 0 Å². The minimum atomic E-state index is -0.333. The van der Waals surface area contributed by atoms with Crippen molar-refractivity contribution in [1.82, 2.24) is 15.1 Å². The lowest BCUT2D eigenvalue weighted by Gasteiger charge is -2.41. The molecule has 2 aliphatic heterocycles. The molecule has 2 fully saturated rings. The molecule has 0 radical (unpaired) electrons. The SMILES string of the molecule is Cc1ccc(N2CCCC3(CCN(Cc4ccc(Cl)c(F)c4)C3)C2)nn1. The second kappa shape index (κ2) is 7.12. The number of piperidine rings is 1. The lowest BCUT2D eigenvalue weighted by atomic mass is 9.79. The molecule has 6 heteroatoms. The molecule has 3 heterocycles. The Balaban J connectivity index is 1.42. The predicted octanol–water partition coefficient (Wildman–Crippen LogP) is 4.07. The third-order valence-corrected chi connectivity index (χ3v) is 5.98. The summed E-state index contributed by atoms with van der Waals surface area (Å²) in [6.45, 7) is 6.91. The molecule has 1 atom stereocenters. The molecule has 2 saturated heterocycles. The quantitative estimate of drug-likeness (QED) is 0.810. The molecule has 1 aromatic carbocycles. The molecule has 4 rings (SSSR count). The van der Waals surface area contributed by atoms with Crippen LogP contribution >= 0.6 is 11.6 Å². The second-order valence-corrected chi connectivity index (χ2v) is 8.17. The Morgan fingerprint density at radius 2 is 2.00 bits per heavy atom. The van der Waals surface area contributed by atoms with Gasteiger partial charge in [0.05, 0.1) is 10.7 Å². The van der Waals surface area contributed by atoms with E-state index >= 15 is 0 Å². The molecular formula is C20H24ClFN4. The molecule has 0 N–H and O–H groups in total. The van der Waals surface area contributed by atoms with Gasteiger partial charge in [-0.3, -0.25) is 4.90 Å². The number of hydrogen-bond donors (Lipinski definition) is 0. The van der Waals surface area contributed by atoms with E-state index in [0.29, 0.717) is 5.41 Å². The van der Waals surface area contributed by atoms with Crippen LogP contribution in [0.4, 0.5) is 10.2 Å². The minimum absolute atomic E-state index is 0.189. The molecule has 0 amide bonds. The summed E-state index contributed by atoms with van der Waals surface area (Å²) in [5, 5.41) is 8.77. The van der Waals surface area contributed by atoms with E-state index in [4.69, 9.17) is 11.6 Å². The van der Waals surface area contributed by atoms with E-state index in [1.807, 2.05) is 19.1 Å². The fourth-order valence-electron chi connectivity index (χ4n) is 4.36. The van der Waals surface area contributed by atoms with Crippen molar-refractivity contribution in [2.45, 2.75) is 32.7 Å². The summed E-state index contributed by atoms with van der Waals surface area (Å²) in [5.41, 5.74) is 2.24. The zero-order valence-corrected chi connectivity index (χ0v) is 15.8. The van der Waals surface area contributed by atoms with E-state index in [9.17, 15) is 4.39 Å². The van der Waals surface area contributed by atoms with Crippen LogP contribution in [-0.4, -0.2) is 41.3 Å². The highest BCUT2D eigenvalue weighted by Crippen LogP contribution is 2.40. The molecule has 0 saturated carbocycles. The summed E-state index contributed by atoms with van der Waals surface area (Å²) < 4.78 is 13.7. The second-order valence-electron chi connectivity index (χ2n) is 7.77. The molecule has 2 aliphatic rings. The Morgan fingerprint density at radius 1 is 1.12 bits per heavy atom. The first-order valence-corrected chi connectivity index (χ1v) is 9.62. The first kappa shape index (κ1) is 17.7. The van der Waals surface area contributed by atoms with Crippen LogP contribution in [0.5, 0.6) is 0 Å². The van der Waals surface area contributed by atoms with Gasteiger partial charge in [-0.1, -0.05) is 17.7 Å². The Bertz CT molecular complexity index is 782. The van der Waals surface area contributed by atoms with Crippen molar-refractivity contribution in [3.05, 3.63) is 52.4 Å².